The van der Waals surface area contributed by atoms with E-state index in [4.69, 9.17) is 13.8 Å². The first kappa shape index (κ1) is 59.7. The zero-order valence-electron chi connectivity index (χ0n) is 40.7. The molecule has 0 saturated carbocycles. The van der Waals surface area contributed by atoms with Crippen LogP contribution in [0.2, 0.25) is 0 Å². The van der Waals surface area contributed by atoms with Crippen molar-refractivity contribution in [1.29, 1.82) is 0 Å². The average molecular weight is 883 g/mol. The number of phosphoric ester groups is 1. The molecule has 0 spiro atoms. The fourth-order valence-corrected chi connectivity index (χ4v) is 8.12. The topological polar surface area (TPSA) is 102 Å². The molecule has 2 N–H and O–H groups in total. The van der Waals surface area contributed by atoms with Crippen molar-refractivity contribution in [3.63, 3.8) is 0 Å². The number of likely N-dealkylation sites (N-methyl/N-ethyl adjacent to an activating group) is 1. The fourth-order valence-electron chi connectivity index (χ4n) is 7.37. The van der Waals surface area contributed by atoms with Crippen molar-refractivity contribution in [1.82, 2.24) is 0 Å². The quantitative estimate of drug-likeness (QED) is 0.0206. The van der Waals surface area contributed by atoms with E-state index in [2.05, 4.69) is 43.4 Å². The normalized spacial score (nSPS) is 13.9. The number of phosphoric acid groups is 1. The number of ether oxygens (including phenoxy) is 1. The molecular weight excluding hydrogens is 782 g/mol. The van der Waals surface area contributed by atoms with Crippen molar-refractivity contribution in [2.24, 2.45) is 0 Å². The van der Waals surface area contributed by atoms with Crippen molar-refractivity contribution in [3.8, 4) is 0 Å². The van der Waals surface area contributed by atoms with Crippen LogP contribution in [0.3, 0.4) is 0 Å². The first-order chi connectivity index (χ1) is 29.6. The van der Waals surface area contributed by atoms with Crippen LogP contribution in [0.1, 0.15) is 238 Å². The Morgan fingerprint density at radius 3 is 1.23 bits per heavy atom. The molecule has 0 aromatic rings. The maximum Gasteiger partial charge on any atom is 0.472 e. The SMILES string of the molecule is CCCCCCC/C=C\C/C=C\C/C=C\CCCCCCCCCCCCCCCCCCCCCCCCCCCCC(=O)OCC(O)COP(=O)(O)OCC[N+](C)(C)C. The number of carbonyl (C=O) groups excluding carboxylic acids is 1. The Labute approximate surface area is 378 Å². The van der Waals surface area contributed by atoms with Gasteiger partial charge in [-0.2, -0.15) is 0 Å². The Kier molecular flexibility index (Phi) is 44.3. The first-order valence-electron chi connectivity index (χ1n) is 25.8. The van der Waals surface area contributed by atoms with E-state index in [1.165, 1.54) is 193 Å². The Bertz CT molecular complexity index is 1070. The fraction of sp³-hybridized carbons (Fsp3) is 0.865. The highest BCUT2D eigenvalue weighted by Crippen LogP contribution is 2.43. The lowest BCUT2D eigenvalue weighted by Crippen LogP contribution is -2.37. The molecule has 9 heteroatoms. The van der Waals surface area contributed by atoms with Gasteiger partial charge in [-0.3, -0.25) is 13.8 Å². The van der Waals surface area contributed by atoms with Crippen molar-refractivity contribution < 1.29 is 37.6 Å². The lowest BCUT2D eigenvalue weighted by molar-refractivity contribution is -0.870. The monoisotopic (exact) mass is 883 g/mol. The van der Waals surface area contributed by atoms with Crippen LogP contribution in [0.5, 0.6) is 0 Å². The molecule has 360 valence electrons. The molecule has 0 aliphatic carbocycles. The second-order valence-corrected chi connectivity index (χ2v) is 20.2. The molecule has 8 nitrogen and oxygen atoms in total. The van der Waals surface area contributed by atoms with Crippen LogP contribution in [0.25, 0.3) is 0 Å². The molecule has 0 fully saturated rings. The number of rotatable bonds is 48. The van der Waals surface area contributed by atoms with Crippen molar-refractivity contribution in [3.05, 3.63) is 36.5 Å². The number of hydrogen-bond acceptors (Lipinski definition) is 6. The number of quaternary nitrogens is 1. The minimum absolute atomic E-state index is 0.0559. The summed E-state index contributed by atoms with van der Waals surface area (Å²) in [6.45, 7) is 2.16. The highest BCUT2D eigenvalue weighted by Gasteiger charge is 2.24. The molecule has 61 heavy (non-hydrogen) atoms. The van der Waals surface area contributed by atoms with E-state index >= 15 is 0 Å². The van der Waals surface area contributed by atoms with E-state index in [0.29, 0.717) is 17.4 Å². The molecule has 0 aromatic carbocycles. The second-order valence-electron chi connectivity index (χ2n) is 18.8. The van der Waals surface area contributed by atoms with Gasteiger partial charge in [-0.1, -0.05) is 223 Å². The molecule has 0 radical (unpaired) electrons. The number of hydrogen-bond donors (Lipinski definition) is 2. The minimum Gasteiger partial charge on any atom is -0.463 e. The van der Waals surface area contributed by atoms with Gasteiger partial charge in [0.2, 0.25) is 0 Å². The predicted octanol–water partition coefficient (Wildman–Crippen LogP) is 15.5. The zero-order valence-corrected chi connectivity index (χ0v) is 41.6. The van der Waals surface area contributed by atoms with E-state index in [0.717, 1.165) is 32.1 Å². The van der Waals surface area contributed by atoms with Gasteiger partial charge in [0, 0.05) is 6.42 Å². The number of esters is 1. The number of nitrogens with zero attached hydrogens (tertiary/aromatic N) is 1. The third-order valence-electron chi connectivity index (χ3n) is 11.4. The van der Waals surface area contributed by atoms with Gasteiger partial charge in [0.05, 0.1) is 27.7 Å². The van der Waals surface area contributed by atoms with Crippen molar-refractivity contribution in [2.75, 3.05) is 47.5 Å². The summed E-state index contributed by atoms with van der Waals surface area (Å²) in [5, 5.41) is 9.93. The van der Waals surface area contributed by atoms with Gasteiger partial charge in [0.1, 0.15) is 25.9 Å². The molecule has 2 atom stereocenters. The summed E-state index contributed by atoms with van der Waals surface area (Å²) in [6.07, 6.45) is 59.5. The van der Waals surface area contributed by atoms with Gasteiger partial charge in [0.15, 0.2) is 0 Å². The molecule has 0 bridgehead atoms. The Hall–Kier alpha value is -1.28. The molecule has 0 amide bonds. The average Bonchev–Trinajstić information content (AvgIpc) is 3.22. The molecule has 0 heterocycles. The van der Waals surface area contributed by atoms with Crippen LogP contribution >= 0.6 is 7.82 Å². The zero-order chi connectivity index (χ0) is 44.8. The Morgan fingerprint density at radius 1 is 0.508 bits per heavy atom. The lowest BCUT2D eigenvalue weighted by atomic mass is 10.0. The summed E-state index contributed by atoms with van der Waals surface area (Å²) in [6, 6.07) is 0. The molecule has 0 aromatic heterocycles. The van der Waals surface area contributed by atoms with Crippen LogP contribution in [0, 0.1) is 0 Å². The number of allylic oxidation sites excluding steroid dienone is 6. The number of aliphatic hydroxyl groups is 1. The van der Waals surface area contributed by atoms with Crippen LogP contribution in [0.4, 0.5) is 0 Å². The summed E-state index contributed by atoms with van der Waals surface area (Å²) in [4.78, 5) is 21.7. The summed E-state index contributed by atoms with van der Waals surface area (Å²) in [5.74, 6) is -0.366. The van der Waals surface area contributed by atoms with E-state index < -0.39 is 20.5 Å². The molecule has 0 rings (SSSR count). The lowest BCUT2D eigenvalue weighted by Gasteiger charge is -2.24. The number of unbranched alkanes of at least 4 members (excludes halogenated alkanes) is 31. The van der Waals surface area contributed by atoms with Crippen LogP contribution in [-0.2, 0) is 23.1 Å². The van der Waals surface area contributed by atoms with E-state index in [1.807, 2.05) is 21.1 Å². The third-order valence-corrected chi connectivity index (χ3v) is 12.4. The smallest absolute Gasteiger partial charge is 0.463 e. The molecular formula is C52H101NO7P+. The summed E-state index contributed by atoms with van der Waals surface area (Å²) in [7, 11) is 1.57. The third kappa shape index (κ3) is 51.2. The van der Waals surface area contributed by atoms with Gasteiger partial charge >= 0.3 is 13.8 Å². The predicted molar refractivity (Wildman–Crippen MR) is 261 cm³/mol. The number of aliphatic hydroxyl groups excluding tert-OH is 1. The Balaban J connectivity index is 3.31. The first-order valence-corrected chi connectivity index (χ1v) is 27.3. The molecule has 2 unspecified atom stereocenters. The van der Waals surface area contributed by atoms with Crippen LogP contribution in [0.15, 0.2) is 36.5 Å². The standard InChI is InChI=1S/C52H100NO7P/c1-5-6-7-8-9-10-11-12-13-14-15-16-17-18-19-20-21-22-23-24-25-26-27-28-29-30-31-32-33-34-35-36-37-38-39-40-41-42-43-44-45-46-52(55)58-49-51(54)50-60-61(56,57)59-48-47-53(2,3)4/h11-12,14-15,17-18,51,54H,5-10,13,16,19-50H2,1-4H3/p+1/b12-11-,15-14-,18-17-. The van der Waals surface area contributed by atoms with Crippen LogP contribution < -0.4 is 0 Å². The van der Waals surface area contributed by atoms with Gasteiger partial charge in [-0.25, -0.2) is 4.57 Å². The van der Waals surface area contributed by atoms with Gasteiger partial charge in [-0.15, -0.1) is 0 Å². The maximum absolute atomic E-state index is 12.0. The van der Waals surface area contributed by atoms with E-state index in [-0.39, 0.29) is 19.2 Å². The summed E-state index contributed by atoms with van der Waals surface area (Å²) >= 11 is 0. The van der Waals surface area contributed by atoms with Crippen molar-refractivity contribution >= 4 is 13.8 Å². The number of carbonyl (C=O) groups is 1. The van der Waals surface area contributed by atoms with Gasteiger partial charge in [-0.05, 0) is 44.9 Å². The van der Waals surface area contributed by atoms with Crippen LogP contribution in [-0.4, -0.2) is 74.1 Å². The van der Waals surface area contributed by atoms with Gasteiger partial charge < -0.3 is 19.2 Å². The molecule has 0 saturated heterocycles. The van der Waals surface area contributed by atoms with Crippen molar-refractivity contribution in [2.45, 2.75) is 244 Å². The van der Waals surface area contributed by atoms with E-state index in [9.17, 15) is 19.4 Å². The molecule has 0 aliphatic heterocycles. The molecule has 0 aliphatic rings. The Morgan fingerprint density at radius 2 is 0.852 bits per heavy atom. The summed E-state index contributed by atoms with van der Waals surface area (Å²) < 4.78 is 27.3. The minimum atomic E-state index is -4.25. The highest BCUT2D eigenvalue weighted by molar-refractivity contribution is 7.47. The van der Waals surface area contributed by atoms with E-state index in [1.54, 1.807) is 0 Å². The largest absolute Gasteiger partial charge is 0.472 e. The maximum atomic E-state index is 12.0. The summed E-state index contributed by atoms with van der Waals surface area (Å²) in [5.41, 5.74) is 0. The second kappa shape index (κ2) is 45.3. The van der Waals surface area contributed by atoms with Gasteiger partial charge in [0.25, 0.3) is 0 Å². The highest BCUT2D eigenvalue weighted by atomic mass is 31.2.